The van der Waals surface area contributed by atoms with Gasteiger partial charge in [0, 0.05) is 18.3 Å². The van der Waals surface area contributed by atoms with Crippen molar-refractivity contribution in [3.8, 4) is 5.75 Å². The van der Waals surface area contributed by atoms with Crippen LogP contribution in [0, 0.1) is 5.92 Å². The summed E-state index contributed by atoms with van der Waals surface area (Å²) in [6.07, 6.45) is 5.13. The van der Waals surface area contributed by atoms with Crippen molar-refractivity contribution >= 4 is 5.69 Å². The fraction of sp³-hybridized carbons (Fsp3) is 0.600. The van der Waals surface area contributed by atoms with Gasteiger partial charge < -0.3 is 9.64 Å². The predicted molar refractivity (Wildman–Crippen MR) is 70.7 cm³/mol. The summed E-state index contributed by atoms with van der Waals surface area (Å²) < 4.78 is 5.68. The molecule has 2 atom stereocenters. The van der Waals surface area contributed by atoms with E-state index in [4.69, 9.17) is 4.74 Å². The zero-order valence-electron chi connectivity index (χ0n) is 10.6. The number of piperidine rings is 1. The first-order valence-corrected chi connectivity index (χ1v) is 6.88. The van der Waals surface area contributed by atoms with Gasteiger partial charge in [-0.2, -0.15) is 0 Å². The maximum absolute atomic E-state index is 5.68. The highest BCUT2D eigenvalue weighted by Gasteiger charge is 2.46. The Kier molecular flexibility index (Phi) is 2.96. The van der Waals surface area contributed by atoms with Gasteiger partial charge in [0.1, 0.15) is 5.75 Å². The molecule has 0 unspecified atom stereocenters. The third kappa shape index (κ3) is 2.26. The van der Waals surface area contributed by atoms with Gasteiger partial charge in [-0.3, -0.25) is 0 Å². The predicted octanol–water partition coefficient (Wildman–Crippen LogP) is 3.46. The molecule has 92 valence electrons. The first-order chi connectivity index (χ1) is 8.38. The Bertz CT molecular complexity index is 373. The number of benzene rings is 1. The summed E-state index contributed by atoms with van der Waals surface area (Å²) in [6, 6.07) is 9.49. The van der Waals surface area contributed by atoms with E-state index in [0.29, 0.717) is 0 Å². The minimum absolute atomic E-state index is 0.838. The molecule has 1 saturated carbocycles. The highest BCUT2D eigenvalue weighted by atomic mass is 16.5. The largest absolute Gasteiger partial charge is 0.494 e. The highest BCUT2D eigenvalue weighted by molar-refractivity contribution is 5.52. The lowest BCUT2D eigenvalue weighted by Crippen LogP contribution is -2.21. The van der Waals surface area contributed by atoms with Crippen molar-refractivity contribution in [2.75, 3.05) is 18.1 Å². The van der Waals surface area contributed by atoms with Crippen LogP contribution in [0.25, 0.3) is 0 Å². The van der Waals surface area contributed by atoms with Crippen molar-refractivity contribution in [1.29, 1.82) is 0 Å². The molecule has 0 aromatic heterocycles. The Labute approximate surface area is 104 Å². The lowest BCUT2D eigenvalue weighted by molar-refractivity contribution is 0.309. The Morgan fingerprint density at radius 2 is 2.12 bits per heavy atom. The highest BCUT2D eigenvalue weighted by Crippen LogP contribution is 2.46. The first-order valence-electron chi connectivity index (χ1n) is 6.88. The molecule has 2 heteroatoms. The number of hydrogen-bond acceptors (Lipinski definition) is 2. The van der Waals surface area contributed by atoms with E-state index in [2.05, 4.69) is 36.1 Å². The van der Waals surface area contributed by atoms with E-state index >= 15 is 0 Å². The molecule has 0 radical (unpaired) electrons. The van der Waals surface area contributed by atoms with Crippen molar-refractivity contribution in [1.82, 2.24) is 0 Å². The third-order valence-electron chi connectivity index (χ3n) is 3.96. The second kappa shape index (κ2) is 4.59. The van der Waals surface area contributed by atoms with Crippen LogP contribution in [0.15, 0.2) is 24.3 Å². The molecule has 1 aromatic carbocycles. The number of ether oxygens (including phenoxy) is 1. The molecule has 0 N–H and O–H groups in total. The molecule has 1 saturated heterocycles. The molecule has 2 fully saturated rings. The van der Waals surface area contributed by atoms with Crippen molar-refractivity contribution in [3.63, 3.8) is 0 Å². The lowest BCUT2D eigenvalue weighted by Gasteiger charge is -2.20. The van der Waals surface area contributed by atoms with Crippen LogP contribution >= 0.6 is 0 Å². The molecule has 2 aliphatic rings. The number of rotatable bonds is 5. The second-order valence-electron chi connectivity index (χ2n) is 5.24. The van der Waals surface area contributed by atoms with Gasteiger partial charge in [-0.15, -0.1) is 0 Å². The average molecular weight is 231 g/mol. The molecular formula is C15H21NO. The first kappa shape index (κ1) is 10.9. The van der Waals surface area contributed by atoms with Crippen molar-refractivity contribution < 1.29 is 4.74 Å². The van der Waals surface area contributed by atoms with Gasteiger partial charge in [-0.25, -0.2) is 0 Å². The molecule has 0 amide bonds. The monoisotopic (exact) mass is 231 g/mol. The average Bonchev–Trinajstić information content (AvgIpc) is 3.02. The molecule has 1 aliphatic heterocycles. The summed E-state index contributed by atoms with van der Waals surface area (Å²) in [5, 5.41) is 0. The molecular weight excluding hydrogens is 210 g/mol. The van der Waals surface area contributed by atoms with E-state index in [1.165, 1.54) is 31.5 Å². The van der Waals surface area contributed by atoms with E-state index in [1.54, 1.807) is 0 Å². The van der Waals surface area contributed by atoms with Gasteiger partial charge in [0.25, 0.3) is 0 Å². The number of nitrogens with zero attached hydrogens (tertiary/aromatic N) is 1. The van der Waals surface area contributed by atoms with E-state index in [-0.39, 0.29) is 0 Å². The molecule has 0 bridgehead atoms. The van der Waals surface area contributed by atoms with Crippen LogP contribution < -0.4 is 9.64 Å². The molecule has 1 aliphatic carbocycles. The summed E-state index contributed by atoms with van der Waals surface area (Å²) in [7, 11) is 0. The third-order valence-corrected chi connectivity index (χ3v) is 3.96. The van der Waals surface area contributed by atoms with Crippen molar-refractivity contribution in [2.24, 2.45) is 5.92 Å². The van der Waals surface area contributed by atoms with Gasteiger partial charge in [0.05, 0.1) is 6.61 Å². The minimum atomic E-state index is 0.838. The molecule has 1 aromatic rings. The lowest BCUT2D eigenvalue weighted by atomic mass is 10.2. The maximum atomic E-state index is 5.68. The van der Waals surface area contributed by atoms with E-state index in [9.17, 15) is 0 Å². The topological polar surface area (TPSA) is 12.5 Å². The normalized spacial score (nSPS) is 25.8. The summed E-state index contributed by atoms with van der Waals surface area (Å²) in [6.45, 7) is 4.27. The van der Waals surface area contributed by atoms with Crippen LogP contribution in [0.1, 0.15) is 32.6 Å². The van der Waals surface area contributed by atoms with E-state index < -0.39 is 0 Å². The molecule has 1 heterocycles. The van der Waals surface area contributed by atoms with Crippen LogP contribution in [0.4, 0.5) is 5.69 Å². The van der Waals surface area contributed by atoms with Gasteiger partial charge in [0.2, 0.25) is 0 Å². The van der Waals surface area contributed by atoms with Gasteiger partial charge in [-0.1, -0.05) is 13.3 Å². The fourth-order valence-corrected chi connectivity index (χ4v) is 2.78. The summed E-state index contributed by atoms with van der Waals surface area (Å²) in [5.74, 6) is 2.00. The van der Waals surface area contributed by atoms with Crippen LogP contribution in [-0.2, 0) is 0 Å². The quantitative estimate of drug-likeness (QED) is 0.719. The number of unbranched alkanes of at least 4 members (excludes halogenated alkanes) is 1. The van der Waals surface area contributed by atoms with Gasteiger partial charge in [0.15, 0.2) is 0 Å². The van der Waals surface area contributed by atoms with Crippen LogP contribution in [0.2, 0.25) is 0 Å². The molecule has 0 spiro atoms. The van der Waals surface area contributed by atoms with Crippen molar-refractivity contribution in [2.45, 2.75) is 38.6 Å². The van der Waals surface area contributed by atoms with Crippen LogP contribution in [0.5, 0.6) is 5.75 Å². The minimum Gasteiger partial charge on any atom is -0.494 e. The van der Waals surface area contributed by atoms with Crippen molar-refractivity contribution in [3.05, 3.63) is 24.3 Å². The standard InChI is InChI=1S/C15H21NO/c1-2-3-10-17-14-6-4-13(5-7-14)16-9-8-12-11-15(12)16/h4-7,12,15H,2-3,8-11H2,1H3/t12-,15+/m0/s1. The zero-order valence-corrected chi connectivity index (χ0v) is 10.6. The van der Waals surface area contributed by atoms with Crippen LogP contribution in [0.3, 0.4) is 0 Å². The summed E-state index contributed by atoms with van der Waals surface area (Å²) in [5.41, 5.74) is 1.37. The molecule has 2 nitrogen and oxygen atoms in total. The number of anilines is 1. The smallest absolute Gasteiger partial charge is 0.119 e. The Hall–Kier alpha value is -1.18. The summed E-state index contributed by atoms with van der Waals surface area (Å²) in [4.78, 5) is 2.56. The zero-order chi connectivity index (χ0) is 11.7. The second-order valence-corrected chi connectivity index (χ2v) is 5.24. The van der Waals surface area contributed by atoms with Crippen LogP contribution in [-0.4, -0.2) is 19.2 Å². The number of hydrogen-bond donors (Lipinski definition) is 0. The van der Waals surface area contributed by atoms with Gasteiger partial charge in [-0.05, 0) is 49.4 Å². The Morgan fingerprint density at radius 3 is 2.71 bits per heavy atom. The molecule has 3 rings (SSSR count). The van der Waals surface area contributed by atoms with E-state index in [0.717, 1.165) is 30.7 Å². The Balaban J connectivity index is 1.59. The SMILES string of the molecule is CCCCOc1ccc(N2CC[C@H]3C[C@H]32)cc1. The number of fused-ring (bicyclic) bond motifs is 1. The fourth-order valence-electron chi connectivity index (χ4n) is 2.78. The summed E-state index contributed by atoms with van der Waals surface area (Å²) >= 11 is 0. The van der Waals surface area contributed by atoms with Gasteiger partial charge >= 0.3 is 0 Å². The Morgan fingerprint density at radius 1 is 1.29 bits per heavy atom. The van der Waals surface area contributed by atoms with E-state index in [1.807, 2.05) is 0 Å². The maximum Gasteiger partial charge on any atom is 0.119 e. The molecule has 17 heavy (non-hydrogen) atoms.